The van der Waals surface area contributed by atoms with Crippen molar-refractivity contribution in [2.75, 3.05) is 11.4 Å². The first-order valence-corrected chi connectivity index (χ1v) is 10.9. The van der Waals surface area contributed by atoms with E-state index < -0.39 is 6.09 Å². The first-order chi connectivity index (χ1) is 15.1. The van der Waals surface area contributed by atoms with Crippen LogP contribution in [0.15, 0.2) is 51.7 Å². The first kappa shape index (κ1) is 19.9. The summed E-state index contributed by atoms with van der Waals surface area (Å²) in [5, 5.41) is 20.7. The number of ether oxygens (including phenoxy) is 1. The quantitative estimate of drug-likeness (QED) is 0.754. The van der Waals surface area contributed by atoms with Crippen LogP contribution in [-0.2, 0) is 6.54 Å². The second-order valence-electron chi connectivity index (χ2n) is 8.06. The lowest BCUT2D eigenvalue weighted by atomic mass is 9.84. The van der Waals surface area contributed by atoms with Gasteiger partial charge in [0.15, 0.2) is 0 Å². The summed E-state index contributed by atoms with van der Waals surface area (Å²) in [4.78, 5) is 16.6. The average Bonchev–Trinajstić information content (AvgIpc) is 3.03. The summed E-state index contributed by atoms with van der Waals surface area (Å²) in [6, 6.07) is 9.91. The molecule has 7 nitrogen and oxygen atoms in total. The molecule has 2 aliphatic heterocycles. The number of carboxylic acid groups (broad SMARTS) is 1. The van der Waals surface area contributed by atoms with Crippen LogP contribution in [0.1, 0.15) is 31.2 Å². The molecule has 1 aliphatic carbocycles. The Bertz CT molecular complexity index is 1180. The topological polar surface area (TPSA) is 90.3 Å². The SMILES string of the molecule is O=C(O)N1CC=C(Cl)C=c2[nH]c3c(c21)CN=NC=3[C@H]1CC[C@H](Oc2ccccc2)CC1. The Morgan fingerprint density at radius 3 is 2.71 bits per heavy atom. The van der Waals surface area contributed by atoms with Crippen LogP contribution >= 0.6 is 11.6 Å². The molecule has 1 saturated carbocycles. The molecule has 5 rings (SSSR count). The van der Waals surface area contributed by atoms with Crippen LogP contribution in [0.25, 0.3) is 11.8 Å². The summed E-state index contributed by atoms with van der Waals surface area (Å²) in [5.74, 6) is 1.16. The van der Waals surface area contributed by atoms with E-state index in [0.717, 1.165) is 48.0 Å². The second-order valence-corrected chi connectivity index (χ2v) is 8.49. The van der Waals surface area contributed by atoms with Crippen LogP contribution in [0.5, 0.6) is 5.75 Å². The van der Waals surface area contributed by atoms with E-state index in [0.29, 0.717) is 22.6 Å². The molecule has 3 aliphatic rings. The molecular formula is C23H23ClN4O3. The van der Waals surface area contributed by atoms with Crippen molar-refractivity contribution in [2.45, 2.75) is 38.3 Å². The van der Waals surface area contributed by atoms with Crippen molar-refractivity contribution in [3.8, 4) is 5.75 Å². The molecule has 31 heavy (non-hydrogen) atoms. The zero-order valence-electron chi connectivity index (χ0n) is 16.9. The highest BCUT2D eigenvalue weighted by Gasteiger charge is 2.30. The summed E-state index contributed by atoms with van der Waals surface area (Å²) < 4.78 is 6.12. The number of halogens is 1. The third kappa shape index (κ3) is 3.85. The fourth-order valence-corrected chi connectivity index (χ4v) is 4.82. The normalized spacial score (nSPS) is 22.7. The van der Waals surface area contributed by atoms with Gasteiger partial charge in [0.25, 0.3) is 0 Å². The number of azo groups is 1. The maximum absolute atomic E-state index is 11.9. The van der Waals surface area contributed by atoms with Crippen molar-refractivity contribution in [1.82, 2.24) is 4.98 Å². The van der Waals surface area contributed by atoms with Crippen LogP contribution in [-0.4, -0.2) is 28.8 Å². The van der Waals surface area contributed by atoms with Crippen LogP contribution < -0.4 is 20.3 Å². The number of carbonyl (C=O) groups is 1. The van der Waals surface area contributed by atoms with Gasteiger partial charge in [-0.1, -0.05) is 29.8 Å². The predicted molar refractivity (Wildman–Crippen MR) is 119 cm³/mol. The molecule has 0 atom stereocenters. The number of benzene rings is 1. The first-order valence-electron chi connectivity index (χ1n) is 10.5. The number of fused-ring (bicyclic) bond motifs is 3. The number of hydrogen-bond acceptors (Lipinski definition) is 4. The van der Waals surface area contributed by atoms with Crippen LogP contribution in [0.4, 0.5) is 10.5 Å². The van der Waals surface area contributed by atoms with Gasteiger partial charge >= 0.3 is 6.09 Å². The van der Waals surface area contributed by atoms with Gasteiger partial charge in [0, 0.05) is 23.1 Å². The number of allylic oxidation sites excluding steroid dienone is 1. The molecule has 0 bridgehead atoms. The zero-order valence-corrected chi connectivity index (χ0v) is 17.7. The Hall–Kier alpha value is -3.06. The Kier molecular flexibility index (Phi) is 5.28. The molecule has 1 aromatic carbocycles. The van der Waals surface area contributed by atoms with Gasteiger partial charge in [0.1, 0.15) is 5.75 Å². The predicted octanol–water partition coefficient (Wildman–Crippen LogP) is 4.13. The number of amides is 1. The Morgan fingerprint density at radius 2 is 1.97 bits per heavy atom. The van der Waals surface area contributed by atoms with Gasteiger partial charge in [-0.3, -0.25) is 4.90 Å². The van der Waals surface area contributed by atoms with Crippen molar-refractivity contribution in [3.05, 3.63) is 57.7 Å². The maximum atomic E-state index is 11.9. The molecule has 8 heteroatoms. The number of H-pyrrole nitrogens is 1. The van der Waals surface area contributed by atoms with Gasteiger partial charge in [0.05, 0.1) is 34.7 Å². The molecule has 1 amide bonds. The van der Waals surface area contributed by atoms with Gasteiger partial charge in [-0.25, -0.2) is 4.79 Å². The molecule has 0 radical (unpaired) electrons. The van der Waals surface area contributed by atoms with Crippen molar-refractivity contribution < 1.29 is 14.6 Å². The Labute approximate surface area is 184 Å². The summed E-state index contributed by atoms with van der Waals surface area (Å²) in [5.41, 5.74) is 2.42. The molecule has 0 spiro atoms. The fraction of sp³-hybridized carbons (Fsp3) is 0.348. The van der Waals surface area contributed by atoms with Gasteiger partial charge in [-0.05, 0) is 50.0 Å². The van der Waals surface area contributed by atoms with Crippen molar-refractivity contribution in [1.29, 1.82) is 0 Å². The van der Waals surface area contributed by atoms with E-state index in [9.17, 15) is 9.90 Å². The number of aromatic amines is 1. The van der Waals surface area contributed by atoms with E-state index in [-0.39, 0.29) is 18.6 Å². The second kappa shape index (κ2) is 8.23. The lowest BCUT2D eigenvalue weighted by molar-refractivity contribution is 0.142. The minimum Gasteiger partial charge on any atom is -0.490 e. The van der Waals surface area contributed by atoms with Gasteiger partial charge in [0.2, 0.25) is 0 Å². The van der Waals surface area contributed by atoms with E-state index in [1.807, 2.05) is 30.3 Å². The van der Waals surface area contributed by atoms with E-state index in [1.54, 1.807) is 12.2 Å². The molecule has 160 valence electrons. The molecule has 1 aromatic heterocycles. The van der Waals surface area contributed by atoms with E-state index in [4.69, 9.17) is 16.3 Å². The summed E-state index contributed by atoms with van der Waals surface area (Å²) in [7, 11) is 0. The Morgan fingerprint density at radius 1 is 1.19 bits per heavy atom. The number of hydrogen-bond donors (Lipinski definition) is 2. The molecule has 0 saturated heterocycles. The van der Waals surface area contributed by atoms with Gasteiger partial charge in [-0.2, -0.15) is 10.2 Å². The standard InChI is InChI=1S/C23H23ClN4O3/c24-15-10-11-28(23(29)30)22-18-13-25-27-20(21(18)26-19(22)12-15)14-6-8-17(9-7-14)31-16-4-2-1-3-5-16/h1-5,10,12,14,17,26H,6-9,11,13H2,(H,29,30)/t14-,17-. The third-order valence-electron chi connectivity index (χ3n) is 6.12. The van der Waals surface area contributed by atoms with Crippen LogP contribution in [0, 0.1) is 5.92 Å². The minimum absolute atomic E-state index is 0.194. The number of para-hydroxylation sites is 1. The highest BCUT2D eigenvalue weighted by Crippen LogP contribution is 2.34. The van der Waals surface area contributed by atoms with Gasteiger partial charge in [-0.15, -0.1) is 0 Å². The average molecular weight is 439 g/mol. The smallest absolute Gasteiger partial charge is 0.412 e. The lowest BCUT2D eigenvalue weighted by Gasteiger charge is -2.29. The van der Waals surface area contributed by atoms with E-state index >= 15 is 0 Å². The molecule has 2 N–H and O–H groups in total. The van der Waals surface area contributed by atoms with E-state index in [2.05, 4.69) is 15.2 Å². The number of aromatic nitrogens is 1. The minimum atomic E-state index is -1.01. The monoisotopic (exact) mass is 438 g/mol. The molecular weight excluding hydrogens is 416 g/mol. The Balaban J connectivity index is 1.45. The summed E-state index contributed by atoms with van der Waals surface area (Å²) in [6.07, 6.45) is 6.43. The zero-order chi connectivity index (χ0) is 21.4. The van der Waals surface area contributed by atoms with Crippen molar-refractivity contribution >= 4 is 35.2 Å². The molecule has 1 fully saturated rings. The molecule has 2 aromatic rings. The highest BCUT2D eigenvalue weighted by atomic mass is 35.5. The largest absolute Gasteiger partial charge is 0.490 e. The molecule has 0 unspecified atom stereocenters. The van der Waals surface area contributed by atoms with Gasteiger partial charge < -0.3 is 14.8 Å². The third-order valence-corrected chi connectivity index (χ3v) is 6.39. The van der Waals surface area contributed by atoms with Crippen molar-refractivity contribution in [2.24, 2.45) is 16.1 Å². The maximum Gasteiger partial charge on any atom is 0.412 e. The number of nitrogens with zero attached hydrogens (tertiary/aromatic N) is 3. The van der Waals surface area contributed by atoms with Crippen molar-refractivity contribution in [3.63, 3.8) is 0 Å². The fourth-order valence-electron chi connectivity index (χ4n) is 4.64. The number of rotatable bonds is 3. The molecule has 3 heterocycles. The summed E-state index contributed by atoms with van der Waals surface area (Å²) >= 11 is 6.25. The lowest BCUT2D eigenvalue weighted by Crippen LogP contribution is -2.33. The number of nitrogens with one attached hydrogen (secondary N) is 1. The number of anilines is 1. The van der Waals surface area contributed by atoms with Crippen LogP contribution in [0.3, 0.4) is 0 Å². The highest BCUT2D eigenvalue weighted by molar-refractivity contribution is 6.34. The van der Waals surface area contributed by atoms with E-state index in [1.165, 1.54) is 4.90 Å². The summed E-state index contributed by atoms with van der Waals surface area (Å²) in [6.45, 7) is 0.558. The van der Waals surface area contributed by atoms with Crippen LogP contribution in [0.2, 0.25) is 0 Å².